The molecule has 8 nitrogen and oxygen atoms in total. The Kier molecular flexibility index (Phi) is 4.11. The molecular formula is C17H14FN5O3S. The van der Waals surface area contributed by atoms with E-state index in [2.05, 4.69) is 15.3 Å². The summed E-state index contributed by atoms with van der Waals surface area (Å²) in [5.74, 6) is -0.696. The fraction of sp³-hybridized carbons (Fsp3) is 0.176. The largest absolute Gasteiger partial charge is 0.494 e. The zero-order valence-corrected chi connectivity index (χ0v) is 15.2. The summed E-state index contributed by atoms with van der Waals surface area (Å²) in [6.07, 6.45) is 1.50. The van der Waals surface area contributed by atoms with Gasteiger partial charge in [0.25, 0.3) is 5.56 Å². The molecule has 3 heterocycles. The molecule has 0 spiro atoms. The van der Waals surface area contributed by atoms with E-state index in [-0.39, 0.29) is 23.8 Å². The number of pyridine rings is 1. The number of benzene rings is 1. The average molecular weight is 387 g/mol. The normalized spacial score (nSPS) is 11.2. The van der Waals surface area contributed by atoms with E-state index in [4.69, 9.17) is 4.74 Å². The van der Waals surface area contributed by atoms with Crippen molar-refractivity contribution in [3.05, 3.63) is 46.8 Å². The maximum Gasteiger partial charge on any atom is 0.252 e. The fourth-order valence-electron chi connectivity index (χ4n) is 2.76. The third-order valence-electron chi connectivity index (χ3n) is 4.11. The summed E-state index contributed by atoms with van der Waals surface area (Å²) in [5, 5.41) is 3.07. The van der Waals surface area contributed by atoms with Gasteiger partial charge in [0, 0.05) is 19.2 Å². The molecule has 138 valence electrons. The number of anilines is 1. The molecule has 0 aliphatic carbocycles. The Morgan fingerprint density at radius 2 is 2.19 bits per heavy atom. The summed E-state index contributed by atoms with van der Waals surface area (Å²) >= 11 is 1.17. The van der Waals surface area contributed by atoms with Gasteiger partial charge in [-0.2, -0.15) is 0 Å². The minimum atomic E-state index is -0.484. The molecular weight excluding hydrogens is 373 g/mol. The molecule has 0 atom stereocenters. The van der Waals surface area contributed by atoms with Gasteiger partial charge in [-0.1, -0.05) is 11.3 Å². The number of nitrogens with zero attached hydrogens (tertiary/aromatic N) is 4. The van der Waals surface area contributed by atoms with E-state index in [0.29, 0.717) is 26.5 Å². The summed E-state index contributed by atoms with van der Waals surface area (Å²) < 4.78 is 22.4. The van der Waals surface area contributed by atoms with Gasteiger partial charge in [-0.3, -0.25) is 14.2 Å². The van der Waals surface area contributed by atoms with Crippen molar-refractivity contribution in [1.29, 1.82) is 0 Å². The molecule has 10 heteroatoms. The van der Waals surface area contributed by atoms with Crippen molar-refractivity contribution >= 4 is 43.8 Å². The van der Waals surface area contributed by atoms with Gasteiger partial charge in [-0.25, -0.2) is 14.4 Å². The van der Waals surface area contributed by atoms with Crippen molar-refractivity contribution in [2.75, 3.05) is 12.4 Å². The minimum Gasteiger partial charge on any atom is -0.494 e. The Balaban J connectivity index is 1.57. The van der Waals surface area contributed by atoms with Crippen molar-refractivity contribution in [2.24, 2.45) is 7.05 Å². The van der Waals surface area contributed by atoms with Crippen molar-refractivity contribution in [1.82, 2.24) is 19.1 Å². The number of carbonyl (C=O) groups is 1. The average Bonchev–Trinajstić information content (AvgIpc) is 3.20. The van der Waals surface area contributed by atoms with Gasteiger partial charge in [0.15, 0.2) is 22.3 Å². The first-order valence-electron chi connectivity index (χ1n) is 7.91. The highest BCUT2D eigenvalue weighted by Gasteiger charge is 2.14. The Morgan fingerprint density at radius 3 is 2.96 bits per heavy atom. The third kappa shape index (κ3) is 3.04. The van der Waals surface area contributed by atoms with Gasteiger partial charge < -0.3 is 14.6 Å². The molecule has 0 aliphatic rings. The van der Waals surface area contributed by atoms with Crippen molar-refractivity contribution in [3.63, 3.8) is 0 Å². The van der Waals surface area contributed by atoms with Crippen LogP contribution in [0.2, 0.25) is 0 Å². The van der Waals surface area contributed by atoms with E-state index in [1.165, 1.54) is 47.5 Å². The number of imidazole rings is 1. The van der Waals surface area contributed by atoms with Crippen LogP contribution in [-0.4, -0.2) is 32.1 Å². The van der Waals surface area contributed by atoms with Crippen molar-refractivity contribution in [2.45, 2.75) is 6.54 Å². The number of methoxy groups -OCH3 is 1. The lowest BCUT2D eigenvalue weighted by Crippen LogP contribution is -2.19. The molecule has 0 bridgehead atoms. The highest BCUT2D eigenvalue weighted by Crippen LogP contribution is 2.31. The molecule has 0 saturated heterocycles. The number of ether oxygens (including phenoxy) is 1. The lowest BCUT2D eigenvalue weighted by molar-refractivity contribution is -0.116. The van der Waals surface area contributed by atoms with Crippen LogP contribution in [0.15, 0.2) is 35.4 Å². The number of fused-ring (bicyclic) bond motifs is 2. The van der Waals surface area contributed by atoms with Gasteiger partial charge in [0.2, 0.25) is 5.91 Å². The van der Waals surface area contributed by atoms with Crippen LogP contribution in [0.5, 0.6) is 5.75 Å². The van der Waals surface area contributed by atoms with E-state index in [1.807, 2.05) is 0 Å². The second-order valence-electron chi connectivity index (χ2n) is 5.83. The van der Waals surface area contributed by atoms with Gasteiger partial charge >= 0.3 is 0 Å². The van der Waals surface area contributed by atoms with Crippen LogP contribution in [-0.2, 0) is 18.4 Å². The molecule has 4 rings (SSSR count). The topological polar surface area (TPSA) is 91.0 Å². The van der Waals surface area contributed by atoms with Gasteiger partial charge in [0.1, 0.15) is 6.54 Å². The Bertz CT molecular complexity index is 1240. The van der Waals surface area contributed by atoms with E-state index in [1.54, 1.807) is 17.7 Å². The lowest BCUT2D eigenvalue weighted by atomic mass is 10.3. The number of hydrogen-bond donors (Lipinski definition) is 1. The van der Waals surface area contributed by atoms with Crippen LogP contribution in [0.3, 0.4) is 0 Å². The molecule has 1 N–H and O–H groups in total. The molecule has 0 fully saturated rings. The van der Waals surface area contributed by atoms with Crippen LogP contribution in [0.25, 0.3) is 21.4 Å². The summed E-state index contributed by atoms with van der Waals surface area (Å²) in [4.78, 5) is 32.5. The second-order valence-corrected chi connectivity index (χ2v) is 6.86. The highest BCUT2D eigenvalue weighted by atomic mass is 32.1. The molecule has 1 amide bonds. The zero-order valence-electron chi connectivity index (χ0n) is 14.4. The smallest absolute Gasteiger partial charge is 0.252 e. The molecule has 0 aliphatic heterocycles. The Hall–Kier alpha value is -3.27. The zero-order chi connectivity index (χ0) is 19.1. The summed E-state index contributed by atoms with van der Waals surface area (Å²) in [5.41, 5.74) is 1.53. The van der Waals surface area contributed by atoms with E-state index in [0.717, 1.165) is 0 Å². The van der Waals surface area contributed by atoms with Gasteiger partial charge in [-0.15, -0.1) is 0 Å². The molecule has 0 unspecified atom stereocenters. The summed E-state index contributed by atoms with van der Waals surface area (Å²) in [7, 11) is 3.00. The number of halogens is 1. The quantitative estimate of drug-likeness (QED) is 0.579. The van der Waals surface area contributed by atoms with E-state index in [9.17, 15) is 14.0 Å². The van der Waals surface area contributed by atoms with Crippen molar-refractivity contribution in [3.8, 4) is 5.75 Å². The Morgan fingerprint density at radius 1 is 1.37 bits per heavy atom. The van der Waals surface area contributed by atoms with Crippen LogP contribution in [0, 0.1) is 5.82 Å². The summed E-state index contributed by atoms with van der Waals surface area (Å²) in [6.45, 7) is 0.00229. The fourth-order valence-corrected chi connectivity index (χ4v) is 3.64. The molecule has 4 aromatic rings. The van der Waals surface area contributed by atoms with Crippen molar-refractivity contribution < 1.29 is 13.9 Å². The number of nitrogens with one attached hydrogen (secondary N) is 1. The van der Waals surface area contributed by atoms with Crippen LogP contribution in [0.1, 0.15) is 0 Å². The van der Waals surface area contributed by atoms with E-state index >= 15 is 0 Å². The van der Waals surface area contributed by atoms with E-state index < -0.39 is 5.82 Å². The predicted octanol–water partition coefficient (Wildman–Crippen LogP) is 2.13. The van der Waals surface area contributed by atoms with Crippen LogP contribution in [0.4, 0.5) is 9.52 Å². The van der Waals surface area contributed by atoms with Crippen LogP contribution >= 0.6 is 11.3 Å². The van der Waals surface area contributed by atoms with Gasteiger partial charge in [-0.05, 0) is 12.1 Å². The third-order valence-corrected chi connectivity index (χ3v) is 5.05. The number of aromatic nitrogens is 4. The second kappa shape index (κ2) is 6.47. The monoisotopic (exact) mass is 387 g/mol. The number of thiazole rings is 1. The lowest BCUT2D eigenvalue weighted by Gasteiger charge is -2.04. The number of aryl methyl sites for hydroxylation is 1. The molecule has 27 heavy (non-hydrogen) atoms. The highest BCUT2D eigenvalue weighted by molar-refractivity contribution is 7.22. The Labute approximate surface area is 155 Å². The number of rotatable bonds is 4. The minimum absolute atomic E-state index is 0.00229. The molecule has 3 aromatic heterocycles. The maximum atomic E-state index is 13.8. The van der Waals surface area contributed by atoms with Gasteiger partial charge in [0.05, 0.1) is 29.2 Å². The first-order chi connectivity index (χ1) is 13.0. The van der Waals surface area contributed by atoms with Crippen LogP contribution < -0.4 is 15.6 Å². The maximum absolute atomic E-state index is 13.8. The molecule has 1 aromatic carbocycles. The number of hydrogen-bond acceptors (Lipinski definition) is 6. The SMILES string of the molecule is COc1cc2nc(NC(=O)Cn3cnc4c3ccc(=O)n4C)sc2cc1F. The predicted molar refractivity (Wildman–Crippen MR) is 99.7 cm³/mol. The molecule has 0 saturated carbocycles. The number of carbonyl (C=O) groups excluding carboxylic acids is 1. The number of amides is 1. The molecule has 0 radical (unpaired) electrons. The first kappa shape index (κ1) is 17.2. The summed E-state index contributed by atoms with van der Waals surface area (Å²) in [6, 6.07) is 5.87. The standard InChI is InChI=1S/C17H14FN5O3S/c1-22-15(25)4-3-11-16(22)19-8-23(11)7-14(24)21-17-20-10-6-12(26-2)9(18)5-13(10)27-17/h3-6,8H,7H2,1-2H3,(H,20,21,24). The first-order valence-corrected chi connectivity index (χ1v) is 8.72.